The quantitative estimate of drug-likeness (QED) is 0.360. The molecule has 0 aliphatic heterocycles. The molecule has 0 spiro atoms. The van der Waals surface area contributed by atoms with Crippen molar-refractivity contribution in [2.75, 3.05) is 0 Å². The summed E-state index contributed by atoms with van der Waals surface area (Å²) in [6, 6.07) is 0. The van der Waals surface area contributed by atoms with Gasteiger partial charge >= 0.3 is 0 Å². The van der Waals surface area contributed by atoms with Crippen LogP contribution in [0.1, 0.15) is 0 Å². The molecule has 0 aliphatic carbocycles. The van der Waals surface area contributed by atoms with Crippen molar-refractivity contribution in [2.45, 2.75) is 0 Å². The highest BCUT2D eigenvalue weighted by molar-refractivity contribution is 6.62. The molecular formula is C6H8BN8+. The summed E-state index contributed by atoms with van der Waals surface area (Å²) in [4.78, 5) is 0. The molecule has 0 atom stereocenters. The molecule has 15 heavy (non-hydrogen) atoms. The normalized spacial score (nSPS) is 10.3. The van der Waals surface area contributed by atoms with Crippen molar-refractivity contribution in [1.82, 2.24) is 30.6 Å². The van der Waals surface area contributed by atoms with Crippen molar-refractivity contribution < 1.29 is 9.36 Å². The largest absolute Gasteiger partial charge is 0.206 e. The van der Waals surface area contributed by atoms with Gasteiger partial charge in [0, 0.05) is 10.2 Å². The van der Waals surface area contributed by atoms with Crippen LogP contribution in [0.25, 0.3) is 0 Å². The predicted octanol–water partition coefficient (Wildman–Crippen LogP) is -4.64. The van der Waals surface area contributed by atoms with Crippen LogP contribution in [0.4, 0.5) is 0 Å². The maximum absolute atomic E-state index is 3.94. The Morgan fingerprint density at radius 1 is 0.933 bits per heavy atom. The second-order valence-corrected chi connectivity index (χ2v) is 2.80. The third kappa shape index (κ3) is 2.06. The molecule has 0 N–H and O–H groups in total. The van der Waals surface area contributed by atoms with Gasteiger partial charge in [-0.25, -0.2) is 0 Å². The zero-order valence-electron chi connectivity index (χ0n) is 8.31. The van der Waals surface area contributed by atoms with E-state index in [4.69, 9.17) is 0 Å². The van der Waals surface area contributed by atoms with E-state index >= 15 is 0 Å². The lowest BCUT2D eigenvalue weighted by molar-refractivity contribution is -0.721. The van der Waals surface area contributed by atoms with E-state index in [2.05, 4.69) is 30.6 Å². The summed E-state index contributed by atoms with van der Waals surface area (Å²) in [5, 5.41) is 23.0. The first-order valence-electron chi connectivity index (χ1n) is 4.20. The van der Waals surface area contributed by atoms with E-state index in [1.54, 1.807) is 30.7 Å². The molecule has 0 aromatic carbocycles. The van der Waals surface area contributed by atoms with Crippen LogP contribution in [0.3, 0.4) is 0 Å². The Bertz CT molecular complexity index is 431. The molecule has 2 heterocycles. The van der Waals surface area contributed by atoms with Crippen molar-refractivity contribution in [3.05, 3.63) is 12.7 Å². The van der Waals surface area contributed by atoms with Crippen molar-refractivity contribution >= 4 is 18.7 Å². The second kappa shape index (κ2) is 3.99. The van der Waals surface area contributed by atoms with Gasteiger partial charge in [0.1, 0.15) is 11.4 Å². The zero-order valence-corrected chi connectivity index (χ0v) is 8.31. The highest BCUT2D eigenvalue weighted by atomic mass is 15.4. The van der Waals surface area contributed by atoms with E-state index in [1.807, 2.05) is 0 Å². The fraction of sp³-hybridized carbons (Fsp3) is 0.333. The molecule has 9 heteroatoms. The first-order valence-corrected chi connectivity index (χ1v) is 4.20. The Kier molecular flexibility index (Phi) is 2.52. The number of rotatable bonds is 2. The van der Waals surface area contributed by atoms with Crippen molar-refractivity contribution in [3.8, 4) is 0 Å². The predicted molar refractivity (Wildman–Crippen MR) is 47.0 cm³/mol. The Balaban J connectivity index is 2.30. The highest BCUT2D eigenvalue weighted by Crippen LogP contribution is 1.56. The van der Waals surface area contributed by atoms with Gasteiger partial charge in [-0.1, -0.05) is 10.2 Å². The van der Waals surface area contributed by atoms with Gasteiger partial charge in [0.05, 0.1) is 14.1 Å². The van der Waals surface area contributed by atoms with Crippen LogP contribution < -0.4 is 20.8 Å². The summed E-state index contributed by atoms with van der Waals surface area (Å²) in [6.45, 7) is 0. The minimum absolute atomic E-state index is 0.579. The van der Waals surface area contributed by atoms with E-state index in [-0.39, 0.29) is 0 Å². The van der Waals surface area contributed by atoms with Crippen LogP contribution in [0, 0.1) is 0 Å². The summed E-state index contributed by atoms with van der Waals surface area (Å²) >= 11 is 0. The number of aromatic nitrogens is 8. The summed E-state index contributed by atoms with van der Waals surface area (Å²) in [7, 11) is 5.23. The van der Waals surface area contributed by atoms with Gasteiger partial charge in [0.15, 0.2) is 0 Å². The summed E-state index contributed by atoms with van der Waals surface area (Å²) in [5.41, 5.74) is 1.16. The minimum atomic E-state index is 0.579. The molecule has 2 aromatic rings. The summed E-state index contributed by atoms with van der Waals surface area (Å²) in [6.07, 6.45) is 2.73. The molecule has 0 amide bonds. The Morgan fingerprint density at radius 2 is 1.40 bits per heavy atom. The smallest absolute Gasteiger partial charge is 0.178 e. The molecule has 0 bridgehead atoms. The molecule has 0 fully saturated rings. The monoisotopic (exact) mass is 203 g/mol. The van der Waals surface area contributed by atoms with Crippen LogP contribution in [0.15, 0.2) is 12.7 Å². The third-order valence-electron chi connectivity index (χ3n) is 1.79. The van der Waals surface area contributed by atoms with Gasteiger partial charge in [-0.3, -0.25) is 0 Å². The Morgan fingerprint density at radius 3 is 1.80 bits per heavy atom. The number of nitrogens with zero attached hydrogens (tertiary/aromatic N) is 8. The average Bonchev–Trinajstić information content (AvgIpc) is 2.24. The summed E-state index contributed by atoms with van der Waals surface area (Å²) < 4.78 is 3.17. The van der Waals surface area contributed by atoms with Gasteiger partial charge in [-0.05, 0) is 17.5 Å². The molecule has 0 saturated carbocycles. The molecule has 2 rings (SSSR count). The van der Waals surface area contributed by atoms with E-state index < -0.39 is 0 Å². The van der Waals surface area contributed by atoms with Crippen LogP contribution in [0.2, 0.25) is 0 Å². The molecular weight excluding hydrogens is 195 g/mol. The first kappa shape index (κ1) is 9.50. The van der Waals surface area contributed by atoms with Crippen LogP contribution in [0.5, 0.6) is 0 Å². The van der Waals surface area contributed by atoms with Crippen LogP contribution in [-0.2, 0) is 14.1 Å². The Labute approximate surface area is 86.3 Å². The zero-order chi connectivity index (χ0) is 10.7. The van der Waals surface area contributed by atoms with Crippen molar-refractivity contribution in [3.63, 3.8) is 0 Å². The van der Waals surface area contributed by atoms with E-state index in [9.17, 15) is 0 Å². The highest BCUT2D eigenvalue weighted by Gasteiger charge is 2.06. The standard InChI is InChI=1S/C6H8BN8/c1-14-5(12-8-3-10-14)7-6-13-9-4-11-15(6)2/h3-4H,1-2H3/q+1. The van der Waals surface area contributed by atoms with Crippen molar-refractivity contribution in [1.29, 1.82) is 0 Å². The SMILES string of the molecule is C[n+]1ncnnc1[B-]c1nncn[n+]1C. The number of hydrogen-bond donors (Lipinski definition) is 0. The van der Waals surface area contributed by atoms with Gasteiger partial charge in [0.2, 0.25) is 12.7 Å². The lowest BCUT2D eigenvalue weighted by atomic mass is 9.76. The van der Waals surface area contributed by atoms with Crippen LogP contribution in [-0.4, -0.2) is 37.9 Å². The molecule has 74 valence electrons. The van der Waals surface area contributed by atoms with Gasteiger partial charge < -0.3 is 0 Å². The Hall–Kier alpha value is -2.06. The molecule has 8 nitrogen and oxygen atoms in total. The maximum Gasteiger partial charge on any atom is 0.206 e. The molecule has 0 unspecified atom stereocenters. The van der Waals surface area contributed by atoms with E-state index in [1.165, 1.54) is 12.7 Å². The first-order chi connectivity index (χ1) is 7.27. The minimum Gasteiger partial charge on any atom is -0.178 e. The topological polar surface area (TPSA) is 85.1 Å². The molecule has 0 saturated heterocycles. The second-order valence-electron chi connectivity index (χ2n) is 2.80. The molecule has 0 aliphatic rings. The van der Waals surface area contributed by atoms with Crippen molar-refractivity contribution in [2.24, 2.45) is 14.1 Å². The lowest BCUT2D eigenvalue weighted by Crippen LogP contribution is -2.64. The van der Waals surface area contributed by atoms with E-state index in [0.29, 0.717) is 11.4 Å². The fourth-order valence-electron chi connectivity index (χ4n) is 0.979. The third-order valence-corrected chi connectivity index (χ3v) is 1.79. The number of hydrogen-bond acceptors (Lipinski definition) is 6. The van der Waals surface area contributed by atoms with E-state index in [0.717, 1.165) is 0 Å². The summed E-state index contributed by atoms with van der Waals surface area (Å²) in [5.74, 6) is 0. The maximum atomic E-state index is 3.94. The van der Waals surface area contributed by atoms with Gasteiger partial charge in [0.25, 0.3) is 0 Å². The molecule has 2 radical (unpaired) electrons. The van der Waals surface area contributed by atoms with Gasteiger partial charge in [-0.2, -0.15) is 9.36 Å². The average molecular weight is 203 g/mol. The van der Waals surface area contributed by atoms with Gasteiger partial charge in [-0.15, -0.1) is 0 Å². The number of aryl methyl sites for hydroxylation is 2. The fourth-order valence-corrected chi connectivity index (χ4v) is 0.979. The van der Waals surface area contributed by atoms with Crippen LogP contribution >= 0.6 is 0 Å². The molecule has 2 aromatic heterocycles. The lowest BCUT2D eigenvalue weighted by Gasteiger charge is -2.03.